The fourth-order valence-corrected chi connectivity index (χ4v) is 1.71. The first-order valence-electron chi connectivity index (χ1n) is 5.67. The Kier molecular flexibility index (Phi) is 3.83. The van der Waals surface area contributed by atoms with Crippen molar-refractivity contribution in [1.29, 1.82) is 0 Å². The quantitative estimate of drug-likeness (QED) is 0.635. The van der Waals surface area contributed by atoms with Gasteiger partial charge in [-0.25, -0.2) is 4.39 Å². The first-order valence-corrected chi connectivity index (χ1v) is 5.67. The molecule has 0 saturated carbocycles. The van der Waals surface area contributed by atoms with E-state index in [0.717, 1.165) is 6.07 Å². The molecule has 0 spiro atoms. The molecule has 2 nitrogen and oxygen atoms in total. The molecule has 2 aromatic rings. The van der Waals surface area contributed by atoms with E-state index in [-0.39, 0.29) is 12.0 Å². The zero-order valence-electron chi connectivity index (χ0n) is 10.1. The van der Waals surface area contributed by atoms with Gasteiger partial charge in [0.15, 0.2) is 5.78 Å². The lowest BCUT2D eigenvalue weighted by Crippen LogP contribution is -2.10. The van der Waals surface area contributed by atoms with Crippen molar-refractivity contribution in [1.82, 2.24) is 4.98 Å². The maximum absolute atomic E-state index is 13.4. The number of rotatable bonds is 3. The fourth-order valence-electron chi connectivity index (χ4n) is 1.71. The highest BCUT2D eigenvalue weighted by Gasteiger charge is 2.34. The first-order chi connectivity index (χ1) is 9.38. The average molecular weight is 283 g/mol. The molecule has 0 aliphatic rings. The Morgan fingerprint density at radius 3 is 2.50 bits per heavy atom. The molecule has 0 amide bonds. The van der Waals surface area contributed by atoms with Crippen LogP contribution < -0.4 is 0 Å². The van der Waals surface area contributed by atoms with Crippen LogP contribution in [0.3, 0.4) is 0 Å². The van der Waals surface area contributed by atoms with Gasteiger partial charge in [-0.05, 0) is 23.8 Å². The van der Waals surface area contributed by atoms with Gasteiger partial charge in [-0.1, -0.05) is 12.1 Å². The van der Waals surface area contributed by atoms with Crippen molar-refractivity contribution in [3.8, 4) is 0 Å². The summed E-state index contributed by atoms with van der Waals surface area (Å²) >= 11 is 0. The Hall–Kier alpha value is -2.24. The molecular weight excluding hydrogens is 274 g/mol. The highest BCUT2D eigenvalue weighted by atomic mass is 19.4. The van der Waals surface area contributed by atoms with Crippen molar-refractivity contribution in [3.63, 3.8) is 0 Å². The van der Waals surface area contributed by atoms with Crippen LogP contribution in [-0.4, -0.2) is 10.8 Å². The fraction of sp³-hybridized carbons (Fsp3) is 0.143. The molecule has 1 heterocycles. The van der Waals surface area contributed by atoms with Crippen LogP contribution in [0.5, 0.6) is 0 Å². The van der Waals surface area contributed by atoms with Crippen molar-refractivity contribution in [2.75, 3.05) is 0 Å². The predicted octanol–water partition coefficient (Wildman–Crippen LogP) is 3.66. The molecule has 0 aliphatic heterocycles. The third-order valence-electron chi connectivity index (χ3n) is 2.68. The molecular formula is C14H9F4NO. The van der Waals surface area contributed by atoms with Gasteiger partial charge in [0.2, 0.25) is 0 Å². The lowest BCUT2D eigenvalue weighted by Gasteiger charge is -2.09. The smallest absolute Gasteiger partial charge is 0.294 e. The molecule has 1 aromatic carbocycles. The predicted molar refractivity (Wildman–Crippen MR) is 63.7 cm³/mol. The van der Waals surface area contributed by atoms with E-state index in [2.05, 4.69) is 4.98 Å². The van der Waals surface area contributed by atoms with Crippen molar-refractivity contribution in [2.24, 2.45) is 0 Å². The lowest BCUT2D eigenvalue weighted by molar-refractivity contribution is -0.140. The summed E-state index contributed by atoms with van der Waals surface area (Å²) in [7, 11) is 0. The summed E-state index contributed by atoms with van der Waals surface area (Å²) in [5.74, 6) is -1.92. The molecule has 20 heavy (non-hydrogen) atoms. The number of Topliss-reactive ketones (excluding diaryl/α,β-unsaturated/α-hetero) is 1. The molecule has 0 unspecified atom stereocenters. The molecule has 0 atom stereocenters. The van der Waals surface area contributed by atoms with Crippen molar-refractivity contribution in [2.45, 2.75) is 12.6 Å². The van der Waals surface area contributed by atoms with Crippen molar-refractivity contribution < 1.29 is 22.4 Å². The van der Waals surface area contributed by atoms with E-state index >= 15 is 0 Å². The summed E-state index contributed by atoms with van der Waals surface area (Å²) in [6.45, 7) is 0. The van der Waals surface area contributed by atoms with Crippen LogP contribution in [0.15, 0.2) is 42.7 Å². The number of ketones is 1. The number of aromatic nitrogens is 1. The molecule has 0 aliphatic carbocycles. The van der Waals surface area contributed by atoms with Gasteiger partial charge in [0.1, 0.15) is 5.82 Å². The Bertz CT molecular complexity index is 623. The number of carbonyl (C=O) groups excluding carboxylic acids is 1. The SMILES string of the molecule is O=C(Cc1cccnc1)c1ccc(C(F)(F)F)c(F)c1. The van der Waals surface area contributed by atoms with Crippen LogP contribution in [0.25, 0.3) is 0 Å². The van der Waals surface area contributed by atoms with Gasteiger partial charge >= 0.3 is 6.18 Å². The normalized spacial score (nSPS) is 11.4. The lowest BCUT2D eigenvalue weighted by atomic mass is 10.0. The number of carbonyl (C=O) groups is 1. The van der Waals surface area contributed by atoms with Crippen molar-refractivity contribution >= 4 is 5.78 Å². The molecule has 0 radical (unpaired) electrons. The molecule has 2 rings (SSSR count). The Morgan fingerprint density at radius 1 is 1.20 bits per heavy atom. The van der Waals surface area contributed by atoms with Gasteiger partial charge < -0.3 is 0 Å². The third-order valence-corrected chi connectivity index (χ3v) is 2.68. The summed E-state index contributed by atoms with van der Waals surface area (Å²) in [5, 5.41) is 0. The van der Waals surface area contributed by atoms with Crippen LogP contribution in [0.1, 0.15) is 21.5 Å². The number of pyridine rings is 1. The van der Waals surface area contributed by atoms with E-state index in [4.69, 9.17) is 0 Å². The van der Waals surface area contributed by atoms with E-state index in [1.165, 1.54) is 12.4 Å². The summed E-state index contributed by atoms with van der Waals surface area (Å²) in [4.78, 5) is 15.7. The van der Waals surface area contributed by atoms with Crippen LogP contribution in [-0.2, 0) is 12.6 Å². The van der Waals surface area contributed by atoms with Gasteiger partial charge in [0.25, 0.3) is 0 Å². The maximum Gasteiger partial charge on any atom is 0.419 e. The number of benzene rings is 1. The minimum Gasteiger partial charge on any atom is -0.294 e. The number of alkyl halides is 3. The Balaban J connectivity index is 2.22. The molecule has 0 bridgehead atoms. The second-order valence-corrected chi connectivity index (χ2v) is 4.15. The maximum atomic E-state index is 13.4. The van der Waals surface area contributed by atoms with Gasteiger partial charge in [-0.2, -0.15) is 13.2 Å². The van der Waals surface area contributed by atoms with Gasteiger partial charge in [0, 0.05) is 24.4 Å². The van der Waals surface area contributed by atoms with Crippen LogP contribution in [0.2, 0.25) is 0 Å². The number of nitrogens with zero attached hydrogens (tertiary/aromatic N) is 1. The van der Waals surface area contributed by atoms with E-state index in [0.29, 0.717) is 17.7 Å². The summed E-state index contributed by atoms with van der Waals surface area (Å²) < 4.78 is 50.5. The van der Waals surface area contributed by atoms with E-state index in [9.17, 15) is 22.4 Å². The molecule has 0 N–H and O–H groups in total. The topological polar surface area (TPSA) is 30.0 Å². The zero-order chi connectivity index (χ0) is 14.8. The molecule has 0 fully saturated rings. The summed E-state index contributed by atoms with van der Waals surface area (Å²) in [6.07, 6.45) is -1.81. The van der Waals surface area contributed by atoms with Gasteiger partial charge in [-0.3, -0.25) is 9.78 Å². The molecule has 6 heteroatoms. The minimum absolute atomic E-state index is 0.0430. The van der Waals surface area contributed by atoms with Gasteiger partial charge in [-0.15, -0.1) is 0 Å². The number of hydrogen-bond acceptors (Lipinski definition) is 2. The Labute approximate surface area is 112 Å². The average Bonchev–Trinajstić information content (AvgIpc) is 2.38. The molecule has 104 valence electrons. The minimum atomic E-state index is -4.77. The van der Waals surface area contributed by atoms with E-state index < -0.39 is 23.3 Å². The van der Waals surface area contributed by atoms with Crippen LogP contribution in [0, 0.1) is 5.82 Å². The summed E-state index contributed by atoms with van der Waals surface area (Å²) in [5.41, 5.74) is -0.868. The second-order valence-electron chi connectivity index (χ2n) is 4.15. The van der Waals surface area contributed by atoms with Crippen LogP contribution >= 0.6 is 0 Å². The Morgan fingerprint density at radius 2 is 1.95 bits per heavy atom. The highest BCUT2D eigenvalue weighted by molar-refractivity contribution is 5.97. The first kappa shape index (κ1) is 14.2. The van der Waals surface area contributed by atoms with Crippen LogP contribution in [0.4, 0.5) is 17.6 Å². The second kappa shape index (κ2) is 5.40. The van der Waals surface area contributed by atoms with Crippen molar-refractivity contribution in [3.05, 3.63) is 65.2 Å². The molecule has 0 saturated heterocycles. The van der Waals surface area contributed by atoms with E-state index in [1.807, 2.05) is 0 Å². The number of halogens is 4. The zero-order valence-corrected chi connectivity index (χ0v) is 10.1. The largest absolute Gasteiger partial charge is 0.419 e. The van der Waals surface area contributed by atoms with E-state index in [1.54, 1.807) is 12.1 Å². The number of hydrogen-bond donors (Lipinski definition) is 0. The molecule has 1 aromatic heterocycles. The van der Waals surface area contributed by atoms with Gasteiger partial charge in [0.05, 0.1) is 5.56 Å². The summed E-state index contributed by atoms with van der Waals surface area (Å²) in [6, 6.07) is 5.46. The monoisotopic (exact) mass is 283 g/mol. The highest BCUT2D eigenvalue weighted by Crippen LogP contribution is 2.31. The third kappa shape index (κ3) is 3.20. The standard InChI is InChI=1S/C14H9F4NO/c15-12-7-10(3-4-11(12)14(16,17)18)13(20)6-9-2-1-5-19-8-9/h1-5,7-8H,6H2.